The van der Waals surface area contributed by atoms with Crippen LogP contribution in [0.3, 0.4) is 0 Å². The van der Waals surface area contributed by atoms with Gasteiger partial charge in [-0.1, -0.05) is 12.1 Å². The Labute approximate surface area is 218 Å². The largest absolute Gasteiger partial charge is 0.497 e. The highest BCUT2D eigenvalue weighted by molar-refractivity contribution is 7.89. The lowest BCUT2D eigenvalue weighted by Crippen LogP contribution is -2.32. The molecular weight excluding hydrogens is 521 g/mol. The molecule has 0 aliphatic heterocycles. The molecule has 1 aromatic heterocycles. The number of ether oxygens (including phenoxy) is 3. The molecule has 0 radical (unpaired) electrons. The number of fused-ring (bicyclic) bond motifs is 1. The minimum atomic E-state index is -4.68. The quantitative estimate of drug-likeness (QED) is 0.277. The van der Waals surface area contributed by atoms with Gasteiger partial charge in [0.05, 0.1) is 31.8 Å². The molecule has 4 rings (SSSR count). The molecule has 11 heteroatoms. The van der Waals surface area contributed by atoms with Crippen LogP contribution in [-0.2, 0) is 29.2 Å². The zero-order valence-corrected chi connectivity index (χ0v) is 21.8. The molecule has 4 aromatic rings. The number of alkyl halides is 3. The van der Waals surface area contributed by atoms with Crippen LogP contribution in [0.25, 0.3) is 10.9 Å². The van der Waals surface area contributed by atoms with E-state index in [1.807, 2.05) is 18.2 Å². The highest BCUT2D eigenvalue weighted by atomic mass is 32.2. The van der Waals surface area contributed by atoms with Crippen LogP contribution in [0.4, 0.5) is 13.2 Å². The number of aromatic amines is 1. The summed E-state index contributed by atoms with van der Waals surface area (Å²) in [6.45, 7) is -0.0817. The number of halogens is 3. The van der Waals surface area contributed by atoms with E-state index in [-0.39, 0.29) is 13.1 Å². The van der Waals surface area contributed by atoms with E-state index in [4.69, 9.17) is 14.2 Å². The van der Waals surface area contributed by atoms with Gasteiger partial charge >= 0.3 is 6.18 Å². The van der Waals surface area contributed by atoms with Gasteiger partial charge in [-0.25, -0.2) is 8.42 Å². The van der Waals surface area contributed by atoms with Crippen molar-refractivity contribution >= 4 is 20.9 Å². The molecule has 0 aliphatic carbocycles. The highest BCUT2D eigenvalue weighted by Gasteiger charge is 2.33. The van der Waals surface area contributed by atoms with Crippen LogP contribution in [0.2, 0.25) is 0 Å². The van der Waals surface area contributed by atoms with Crippen LogP contribution < -0.4 is 14.2 Å². The molecule has 0 unspecified atom stereocenters. The van der Waals surface area contributed by atoms with Gasteiger partial charge in [0, 0.05) is 30.2 Å². The SMILES string of the molecule is COc1ccc2[nH]cc(CCN(Cc3ccc(OC)c(OC)c3)S(=O)(=O)c3cccc(C(F)(F)F)c3)c2c1. The Hall–Kier alpha value is -3.70. The summed E-state index contributed by atoms with van der Waals surface area (Å²) in [5, 5.41) is 0.867. The lowest BCUT2D eigenvalue weighted by molar-refractivity contribution is -0.137. The third-order valence-corrected chi connectivity index (χ3v) is 8.05. The zero-order chi connectivity index (χ0) is 27.5. The molecule has 1 heterocycles. The van der Waals surface area contributed by atoms with E-state index in [0.29, 0.717) is 35.3 Å². The third kappa shape index (κ3) is 5.73. The summed E-state index contributed by atoms with van der Waals surface area (Å²) in [6, 6.07) is 14.3. The molecule has 38 heavy (non-hydrogen) atoms. The number of methoxy groups -OCH3 is 3. The average molecular weight is 549 g/mol. The molecule has 0 bridgehead atoms. The Morgan fingerprint density at radius 2 is 1.66 bits per heavy atom. The fraction of sp³-hybridized carbons (Fsp3) is 0.259. The van der Waals surface area contributed by atoms with E-state index < -0.39 is 26.7 Å². The summed E-state index contributed by atoms with van der Waals surface area (Å²) in [6.07, 6.45) is -2.59. The zero-order valence-electron chi connectivity index (χ0n) is 21.0. The highest BCUT2D eigenvalue weighted by Crippen LogP contribution is 2.33. The van der Waals surface area contributed by atoms with Crippen molar-refractivity contribution in [1.82, 2.24) is 9.29 Å². The van der Waals surface area contributed by atoms with Crippen LogP contribution in [0.15, 0.2) is 71.8 Å². The molecule has 3 aromatic carbocycles. The summed E-state index contributed by atoms with van der Waals surface area (Å²) in [5.41, 5.74) is 1.25. The smallest absolute Gasteiger partial charge is 0.416 e. The van der Waals surface area contributed by atoms with E-state index in [1.165, 1.54) is 24.6 Å². The van der Waals surface area contributed by atoms with Crippen molar-refractivity contribution in [2.24, 2.45) is 0 Å². The Balaban J connectivity index is 1.71. The second-order valence-corrected chi connectivity index (χ2v) is 10.5. The first kappa shape index (κ1) is 27.3. The predicted molar refractivity (Wildman–Crippen MR) is 137 cm³/mol. The number of nitrogens with zero attached hydrogens (tertiary/aromatic N) is 1. The van der Waals surface area contributed by atoms with Gasteiger partial charge in [0.1, 0.15) is 5.75 Å². The number of nitrogens with one attached hydrogen (secondary N) is 1. The van der Waals surface area contributed by atoms with Gasteiger partial charge < -0.3 is 19.2 Å². The fourth-order valence-electron chi connectivity index (χ4n) is 4.19. The monoisotopic (exact) mass is 548 g/mol. The van der Waals surface area contributed by atoms with Gasteiger partial charge in [0.15, 0.2) is 11.5 Å². The lowest BCUT2D eigenvalue weighted by atomic mass is 10.1. The lowest BCUT2D eigenvalue weighted by Gasteiger charge is -2.23. The van der Waals surface area contributed by atoms with Crippen LogP contribution in [0.5, 0.6) is 17.2 Å². The molecule has 202 valence electrons. The van der Waals surface area contributed by atoms with E-state index in [1.54, 1.807) is 31.5 Å². The first-order chi connectivity index (χ1) is 18.1. The number of aromatic nitrogens is 1. The van der Waals surface area contributed by atoms with E-state index in [9.17, 15) is 21.6 Å². The third-order valence-electron chi connectivity index (χ3n) is 6.21. The molecule has 0 saturated carbocycles. The standard InChI is InChI=1S/C27H27F3N2O5S/c1-35-21-8-9-24-23(15-21)19(16-31-24)11-12-32(17-18-7-10-25(36-2)26(13-18)37-3)38(33,34)22-6-4-5-20(14-22)27(28,29)30/h4-10,13-16,31H,11-12,17H2,1-3H3. The summed E-state index contributed by atoms with van der Waals surface area (Å²) >= 11 is 0. The van der Waals surface area contributed by atoms with Crippen molar-refractivity contribution in [3.05, 3.63) is 83.6 Å². The Kier molecular flexibility index (Phi) is 7.89. The summed E-state index contributed by atoms with van der Waals surface area (Å²) in [4.78, 5) is 2.72. The molecule has 0 amide bonds. The number of sulfonamides is 1. The topological polar surface area (TPSA) is 80.9 Å². The Morgan fingerprint density at radius 1 is 0.895 bits per heavy atom. The van der Waals surface area contributed by atoms with Gasteiger partial charge in [-0.3, -0.25) is 0 Å². The van der Waals surface area contributed by atoms with E-state index >= 15 is 0 Å². The van der Waals surface area contributed by atoms with Crippen LogP contribution in [-0.4, -0.2) is 45.6 Å². The van der Waals surface area contributed by atoms with Gasteiger partial charge in [0.25, 0.3) is 0 Å². The van der Waals surface area contributed by atoms with Crippen LogP contribution in [0.1, 0.15) is 16.7 Å². The summed E-state index contributed by atoms with van der Waals surface area (Å²) in [7, 11) is 0.192. The van der Waals surface area contributed by atoms with E-state index in [0.717, 1.165) is 28.6 Å². The average Bonchev–Trinajstić information content (AvgIpc) is 3.32. The molecule has 0 aliphatic rings. The molecular formula is C27H27F3N2O5S. The maximum Gasteiger partial charge on any atom is 0.416 e. The minimum absolute atomic E-state index is 0.0110. The van der Waals surface area contributed by atoms with Crippen LogP contribution in [0, 0.1) is 0 Å². The molecule has 1 N–H and O–H groups in total. The maximum atomic E-state index is 13.7. The van der Waals surface area contributed by atoms with Crippen LogP contribution >= 0.6 is 0 Å². The maximum absolute atomic E-state index is 13.7. The normalized spacial score (nSPS) is 12.2. The van der Waals surface area contributed by atoms with Crippen molar-refractivity contribution in [3.63, 3.8) is 0 Å². The van der Waals surface area contributed by atoms with Gasteiger partial charge in [-0.15, -0.1) is 0 Å². The van der Waals surface area contributed by atoms with Crippen molar-refractivity contribution in [2.75, 3.05) is 27.9 Å². The van der Waals surface area contributed by atoms with Gasteiger partial charge in [-0.2, -0.15) is 17.5 Å². The Bertz CT molecular complexity index is 1530. The van der Waals surface area contributed by atoms with Crippen molar-refractivity contribution in [1.29, 1.82) is 0 Å². The minimum Gasteiger partial charge on any atom is -0.497 e. The first-order valence-corrected chi connectivity index (χ1v) is 13.0. The van der Waals surface area contributed by atoms with Crippen molar-refractivity contribution in [3.8, 4) is 17.2 Å². The molecule has 0 spiro atoms. The summed E-state index contributed by atoms with van der Waals surface area (Å²) < 4.78 is 84.5. The molecule has 0 fully saturated rings. The fourth-order valence-corrected chi connectivity index (χ4v) is 5.66. The molecule has 0 saturated heterocycles. The van der Waals surface area contributed by atoms with E-state index in [2.05, 4.69) is 4.98 Å². The summed E-state index contributed by atoms with van der Waals surface area (Å²) in [5.74, 6) is 1.53. The predicted octanol–water partition coefficient (Wildman–Crippen LogP) is 5.65. The first-order valence-electron chi connectivity index (χ1n) is 11.6. The molecule has 7 nitrogen and oxygen atoms in total. The second-order valence-electron chi connectivity index (χ2n) is 8.53. The number of rotatable bonds is 10. The molecule has 0 atom stereocenters. The van der Waals surface area contributed by atoms with Crippen molar-refractivity contribution in [2.45, 2.75) is 24.0 Å². The number of benzene rings is 3. The van der Waals surface area contributed by atoms with Crippen molar-refractivity contribution < 1.29 is 35.8 Å². The second kappa shape index (κ2) is 11.0. The van der Waals surface area contributed by atoms with Gasteiger partial charge in [0.2, 0.25) is 10.0 Å². The van der Waals surface area contributed by atoms with Gasteiger partial charge in [-0.05, 0) is 66.1 Å². The number of H-pyrrole nitrogens is 1. The number of hydrogen-bond donors (Lipinski definition) is 1. The number of hydrogen-bond acceptors (Lipinski definition) is 5. The Morgan fingerprint density at radius 3 is 2.34 bits per heavy atom.